The number of aromatic nitrogens is 1. The van der Waals surface area contributed by atoms with Crippen LogP contribution >= 0.6 is 0 Å². The lowest BCUT2D eigenvalue weighted by molar-refractivity contribution is 0.155. The van der Waals surface area contributed by atoms with Crippen LogP contribution < -0.4 is 5.32 Å². The van der Waals surface area contributed by atoms with Crippen molar-refractivity contribution in [2.24, 2.45) is 0 Å². The number of anilines is 1. The summed E-state index contributed by atoms with van der Waals surface area (Å²) < 4.78 is 5.06. The van der Waals surface area contributed by atoms with Crippen LogP contribution in [-0.2, 0) is 11.3 Å². The Bertz CT molecular complexity index is 648. The predicted octanol–water partition coefficient (Wildman–Crippen LogP) is 3.01. The zero-order valence-corrected chi connectivity index (χ0v) is 11.0. The second kappa shape index (κ2) is 6.34. The van der Waals surface area contributed by atoms with Crippen LogP contribution in [0.2, 0.25) is 0 Å². The van der Waals surface area contributed by atoms with Crippen LogP contribution in [0.5, 0.6) is 0 Å². The van der Waals surface area contributed by atoms with Crippen LogP contribution in [0.25, 0.3) is 0 Å². The minimum absolute atomic E-state index is 0.184. The Labute approximate surface area is 116 Å². The zero-order valence-electron chi connectivity index (χ0n) is 11.0. The number of nitrogens with zero attached hydrogens (tertiary/aromatic N) is 2. The molecule has 1 aromatic heterocycles. The Morgan fingerprint density at radius 2 is 2.05 bits per heavy atom. The van der Waals surface area contributed by atoms with Crippen LogP contribution in [-0.4, -0.2) is 11.1 Å². The fourth-order valence-electron chi connectivity index (χ4n) is 1.58. The van der Waals surface area contributed by atoms with Gasteiger partial charge in [0.1, 0.15) is 24.2 Å². The van der Waals surface area contributed by atoms with Crippen molar-refractivity contribution in [3.63, 3.8) is 0 Å². The lowest BCUT2D eigenvalue weighted by atomic mass is 10.2. The molecule has 0 spiro atoms. The summed E-state index contributed by atoms with van der Waals surface area (Å²) in [5.41, 5.74) is 1.94. The Hall–Kier alpha value is -2.87. The highest BCUT2D eigenvalue weighted by atomic mass is 16.5. The monoisotopic (exact) mass is 267 g/mol. The summed E-state index contributed by atoms with van der Waals surface area (Å²) in [6.07, 6.45) is -0.603. The van der Waals surface area contributed by atoms with E-state index < -0.39 is 6.09 Å². The van der Waals surface area contributed by atoms with Gasteiger partial charge in [0.25, 0.3) is 0 Å². The Morgan fingerprint density at radius 3 is 2.75 bits per heavy atom. The van der Waals surface area contributed by atoms with Gasteiger partial charge in [-0.15, -0.1) is 0 Å². The maximum Gasteiger partial charge on any atom is 0.413 e. The molecule has 20 heavy (non-hydrogen) atoms. The molecule has 0 atom stereocenters. The van der Waals surface area contributed by atoms with E-state index in [0.29, 0.717) is 5.82 Å². The molecule has 1 N–H and O–H groups in total. The van der Waals surface area contributed by atoms with E-state index in [1.165, 1.54) is 0 Å². The van der Waals surface area contributed by atoms with Gasteiger partial charge in [0.15, 0.2) is 0 Å². The topological polar surface area (TPSA) is 75.0 Å². The van der Waals surface area contributed by atoms with Gasteiger partial charge in [0, 0.05) is 0 Å². The highest BCUT2D eigenvalue weighted by Gasteiger charge is 2.06. The number of nitrogens with one attached hydrogen (secondary N) is 1. The normalized spacial score (nSPS) is 9.60. The van der Waals surface area contributed by atoms with Gasteiger partial charge in [-0.1, -0.05) is 36.4 Å². The number of nitriles is 1. The van der Waals surface area contributed by atoms with Crippen molar-refractivity contribution in [1.29, 1.82) is 5.26 Å². The second-order valence-electron chi connectivity index (χ2n) is 4.16. The standard InChI is InChI=1S/C15H13N3O2/c1-11-7-8-14(17-13(11)9-16)18-15(19)20-10-12-5-3-2-4-6-12/h2-8H,10H2,1H3,(H,17,18,19). The third kappa shape index (κ3) is 3.56. The van der Waals surface area contributed by atoms with E-state index in [-0.39, 0.29) is 12.3 Å². The largest absolute Gasteiger partial charge is 0.444 e. The maximum absolute atomic E-state index is 11.6. The van der Waals surface area contributed by atoms with Gasteiger partial charge in [-0.3, -0.25) is 5.32 Å². The minimum atomic E-state index is -0.603. The Morgan fingerprint density at radius 1 is 1.30 bits per heavy atom. The summed E-state index contributed by atoms with van der Waals surface area (Å²) in [5.74, 6) is 0.296. The first-order valence-corrected chi connectivity index (χ1v) is 6.04. The molecule has 2 aromatic rings. The van der Waals surface area contributed by atoms with E-state index >= 15 is 0 Å². The highest BCUT2D eigenvalue weighted by Crippen LogP contribution is 2.10. The first-order valence-electron chi connectivity index (χ1n) is 6.04. The third-order valence-electron chi connectivity index (χ3n) is 2.65. The van der Waals surface area contributed by atoms with Gasteiger partial charge in [-0.2, -0.15) is 5.26 Å². The molecule has 0 saturated carbocycles. The molecule has 5 heteroatoms. The molecule has 0 aliphatic rings. The van der Waals surface area contributed by atoms with E-state index in [9.17, 15) is 4.79 Å². The van der Waals surface area contributed by atoms with Gasteiger partial charge in [-0.05, 0) is 24.1 Å². The quantitative estimate of drug-likeness (QED) is 0.927. The smallest absolute Gasteiger partial charge is 0.413 e. The summed E-state index contributed by atoms with van der Waals surface area (Å²) in [5, 5.41) is 11.4. The summed E-state index contributed by atoms with van der Waals surface area (Å²) >= 11 is 0. The molecule has 100 valence electrons. The number of rotatable bonds is 3. The fraction of sp³-hybridized carbons (Fsp3) is 0.133. The van der Waals surface area contributed by atoms with Gasteiger partial charge >= 0.3 is 6.09 Å². The highest BCUT2D eigenvalue weighted by molar-refractivity contribution is 5.83. The third-order valence-corrected chi connectivity index (χ3v) is 2.65. The van der Waals surface area contributed by atoms with Crippen molar-refractivity contribution in [1.82, 2.24) is 4.98 Å². The van der Waals surface area contributed by atoms with Crippen molar-refractivity contribution < 1.29 is 9.53 Å². The number of hydrogen-bond acceptors (Lipinski definition) is 4. The molecule has 1 aromatic carbocycles. The molecule has 1 amide bonds. The average Bonchev–Trinajstić information content (AvgIpc) is 2.48. The van der Waals surface area contributed by atoms with Crippen molar-refractivity contribution in [2.75, 3.05) is 5.32 Å². The lowest BCUT2D eigenvalue weighted by Crippen LogP contribution is -2.14. The molecular formula is C15H13N3O2. The summed E-state index contributed by atoms with van der Waals surface area (Å²) in [4.78, 5) is 15.6. The zero-order chi connectivity index (χ0) is 14.4. The number of pyridine rings is 1. The lowest BCUT2D eigenvalue weighted by Gasteiger charge is -2.07. The number of amides is 1. The van der Waals surface area contributed by atoms with E-state index in [1.807, 2.05) is 36.4 Å². The summed E-state index contributed by atoms with van der Waals surface area (Å²) in [6, 6.07) is 14.7. The van der Waals surface area contributed by atoms with Gasteiger partial charge in [-0.25, -0.2) is 9.78 Å². The van der Waals surface area contributed by atoms with Gasteiger partial charge < -0.3 is 4.74 Å². The number of aryl methyl sites for hydroxylation is 1. The maximum atomic E-state index is 11.6. The molecule has 0 bridgehead atoms. The number of ether oxygens (including phenoxy) is 1. The van der Waals surface area contributed by atoms with E-state index in [4.69, 9.17) is 10.00 Å². The molecule has 0 saturated heterocycles. The number of carbonyl (C=O) groups is 1. The molecule has 0 aliphatic carbocycles. The van der Waals surface area contributed by atoms with Crippen molar-refractivity contribution in [3.8, 4) is 6.07 Å². The van der Waals surface area contributed by atoms with Crippen LogP contribution in [0.15, 0.2) is 42.5 Å². The second-order valence-corrected chi connectivity index (χ2v) is 4.16. The van der Waals surface area contributed by atoms with Crippen LogP contribution in [0.1, 0.15) is 16.8 Å². The average molecular weight is 267 g/mol. The van der Waals surface area contributed by atoms with Crippen LogP contribution in [0.4, 0.5) is 10.6 Å². The molecule has 0 fully saturated rings. The van der Waals surface area contributed by atoms with Crippen LogP contribution in [0.3, 0.4) is 0 Å². The van der Waals surface area contributed by atoms with Crippen LogP contribution in [0, 0.1) is 18.3 Å². The van der Waals surface area contributed by atoms with Gasteiger partial charge in [0.2, 0.25) is 0 Å². The molecule has 1 heterocycles. The fourth-order valence-corrected chi connectivity index (χ4v) is 1.58. The molecule has 5 nitrogen and oxygen atoms in total. The SMILES string of the molecule is Cc1ccc(NC(=O)OCc2ccccc2)nc1C#N. The van der Waals surface area contributed by atoms with Gasteiger partial charge in [0.05, 0.1) is 0 Å². The Kier molecular flexibility index (Phi) is 4.30. The number of hydrogen-bond donors (Lipinski definition) is 1. The first kappa shape index (κ1) is 13.6. The summed E-state index contributed by atoms with van der Waals surface area (Å²) in [7, 11) is 0. The molecule has 0 radical (unpaired) electrons. The number of carbonyl (C=O) groups excluding carboxylic acids is 1. The van der Waals surface area contributed by atoms with E-state index in [2.05, 4.69) is 10.3 Å². The molecular weight excluding hydrogens is 254 g/mol. The predicted molar refractivity (Wildman–Crippen MR) is 73.9 cm³/mol. The molecule has 0 unspecified atom stereocenters. The van der Waals surface area contributed by atoms with Crippen molar-refractivity contribution in [3.05, 3.63) is 59.3 Å². The van der Waals surface area contributed by atoms with E-state index in [0.717, 1.165) is 11.1 Å². The van der Waals surface area contributed by atoms with E-state index in [1.54, 1.807) is 19.1 Å². The van der Waals surface area contributed by atoms with Crippen molar-refractivity contribution in [2.45, 2.75) is 13.5 Å². The number of benzene rings is 1. The molecule has 0 aliphatic heterocycles. The molecule has 2 rings (SSSR count). The first-order chi connectivity index (χ1) is 9.69. The van der Waals surface area contributed by atoms with Crippen molar-refractivity contribution >= 4 is 11.9 Å². The Balaban J connectivity index is 1.93. The minimum Gasteiger partial charge on any atom is -0.444 e. The summed E-state index contributed by atoms with van der Waals surface area (Å²) in [6.45, 7) is 1.96.